The molecular formula is C27H22N2O6. The number of ether oxygens (including phenoxy) is 1. The highest BCUT2D eigenvalue weighted by Gasteiger charge is 2.36. The van der Waals surface area contributed by atoms with Gasteiger partial charge in [0.2, 0.25) is 0 Å². The van der Waals surface area contributed by atoms with Crippen LogP contribution in [0.25, 0.3) is 0 Å². The number of esters is 1. The van der Waals surface area contributed by atoms with Crippen molar-refractivity contribution in [2.24, 2.45) is 0 Å². The Morgan fingerprint density at radius 2 is 1.49 bits per heavy atom. The maximum Gasteiger partial charge on any atom is 0.338 e. The van der Waals surface area contributed by atoms with Gasteiger partial charge in [0.1, 0.15) is 0 Å². The molecule has 0 fully saturated rings. The lowest BCUT2D eigenvalue weighted by Crippen LogP contribution is -2.30. The minimum atomic E-state index is -1.13. The summed E-state index contributed by atoms with van der Waals surface area (Å²) in [4.78, 5) is 63.1. The first kappa shape index (κ1) is 23.6. The second kappa shape index (κ2) is 9.72. The predicted molar refractivity (Wildman–Crippen MR) is 127 cm³/mol. The van der Waals surface area contributed by atoms with Gasteiger partial charge < -0.3 is 10.1 Å². The number of ketones is 1. The van der Waals surface area contributed by atoms with Crippen LogP contribution in [0.4, 0.5) is 5.69 Å². The number of carbonyl (C=O) groups excluding carboxylic acids is 5. The fourth-order valence-corrected chi connectivity index (χ4v) is 3.64. The molecule has 1 atom stereocenters. The number of Topliss-reactive ketones (excluding diaryl/α,β-unsaturated/α-hetero) is 1. The smallest absolute Gasteiger partial charge is 0.338 e. The number of amides is 3. The van der Waals surface area contributed by atoms with Gasteiger partial charge in [0.05, 0.1) is 23.2 Å². The molecule has 1 heterocycles. The number of hydrogen-bond acceptors (Lipinski definition) is 6. The molecule has 8 nitrogen and oxygen atoms in total. The van der Waals surface area contributed by atoms with Gasteiger partial charge in [0.25, 0.3) is 17.7 Å². The van der Waals surface area contributed by atoms with Gasteiger partial charge in [-0.3, -0.25) is 24.1 Å². The highest BCUT2D eigenvalue weighted by molar-refractivity contribution is 6.21. The molecule has 1 N–H and O–H groups in total. The van der Waals surface area contributed by atoms with Gasteiger partial charge in [0.15, 0.2) is 11.9 Å². The summed E-state index contributed by atoms with van der Waals surface area (Å²) in [6, 6.07) is 19.6. The van der Waals surface area contributed by atoms with E-state index in [0.29, 0.717) is 11.3 Å². The lowest BCUT2D eigenvalue weighted by atomic mass is 10.1. The van der Waals surface area contributed by atoms with Crippen molar-refractivity contribution in [2.75, 3.05) is 5.32 Å². The van der Waals surface area contributed by atoms with Crippen LogP contribution < -0.4 is 5.32 Å². The zero-order chi connectivity index (χ0) is 25.1. The molecule has 8 heteroatoms. The quantitative estimate of drug-likeness (QED) is 0.319. The molecule has 1 aliphatic heterocycles. The number of nitrogens with zero attached hydrogens (tertiary/aromatic N) is 1. The molecule has 0 saturated heterocycles. The van der Waals surface area contributed by atoms with E-state index in [4.69, 9.17) is 4.74 Å². The topological polar surface area (TPSA) is 110 Å². The standard InChI is InChI=1S/C27H22N2O6/c1-16(30)19-8-11-21(12-9-19)28-24(31)17(2)35-27(34)20-10-13-22-23(14-20)26(33)29(25(22)32)15-18-6-4-3-5-7-18/h3-14,17H,15H2,1-2H3,(H,28,31). The number of fused-ring (bicyclic) bond motifs is 1. The fourth-order valence-electron chi connectivity index (χ4n) is 3.64. The average Bonchev–Trinajstić information content (AvgIpc) is 3.09. The summed E-state index contributed by atoms with van der Waals surface area (Å²) in [5.74, 6) is -2.39. The summed E-state index contributed by atoms with van der Waals surface area (Å²) >= 11 is 0. The second-order valence-electron chi connectivity index (χ2n) is 8.11. The van der Waals surface area contributed by atoms with Gasteiger partial charge in [-0.15, -0.1) is 0 Å². The number of imide groups is 1. The van der Waals surface area contributed by atoms with E-state index in [2.05, 4.69) is 5.32 Å². The van der Waals surface area contributed by atoms with Crippen LogP contribution in [0.5, 0.6) is 0 Å². The summed E-state index contributed by atoms with van der Waals surface area (Å²) in [5, 5.41) is 2.62. The molecule has 3 aromatic rings. The normalized spacial score (nSPS) is 13.3. The van der Waals surface area contributed by atoms with E-state index in [1.165, 1.54) is 32.0 Å². The van der Waals surface area contributed by atoms with Crippen LogP contribution in [0.3, 0.4) is 0 Å². The zero-order valence-corrected chi connectivity index (χ0v) is 19.1. The summed E-state index contributed by atoms with van der Waals surface area (Å²) in [5.41, 5.74) is 2.14. The van der Waals surface area contributed by atoms with Crippen molar-refractivity contribution in [1.82, 2.24) is 4.90 Å². The summed E-state index contributed by atoms with van der Waals surface area (Å²) in [6.07, 6.45) is -1.13. The molecule has 3 aromatic carbocycles. The minimum absolute atomic E-state index is 0.0527. The van der Waals surface area contributed by atoms with E-state index in [0.717, 1.165) is 10.5 Å². The Labute approximate surface area is 201 Å². The largest absolute Gasteiger partial charge is 0.449 e. The Morgan fingerprint density at radius 3 is 2.14 bits per heavy atom. The molecule has 176 valence electrons. The van der Waals surface area contributed by atoms with Crippen molar-refractivity contribution in [1.29, 1.82) is 0 Å². The van der Waals surface area contributed by atoms with E-state index in [9.17, 15) is 24.0 Å². The van der Waals surface area contributed by atoms with Crippen LogP contribution in [-0.4, -0.2) is 40.5 Å². The Hall–Kier alpha value is -4.59. The van der Waals surface area contributed by atoms with Crippen molar-refractivity contribution in [3.8, 4) is 0 Å². The van der Waals surface area contributed by atoms with Crippen LogP contribution in [0.1, 0.15) is 60.8 Å². The molecular weight excluding hydrogens is 448 g/mol. The van der Waals surface area contributed by atoms with Crippen LogP contribution >= 0.6 is 0 Å². The number of carbonyl (C=O) groups is 5. The first-order valence-corrected chi connectivity index (χ1v) is 10.9. The van der Waals surface area contributed by atoms with Gasteiger partial charge in [-0.25, -0.2) is 4.79 Å². The highest BCUT2D eigenvalue weighted by Crippen LogP contribution is 2.26. The predicted octanol–water partition coefficient (Wildman–Crippen LogP) is 3.87. The van der Waals surface area contributed by atoms with Gasteiger partial charge in [-0.1, -0.05) is 30.3 Å². The molecule has 0 aliphatic carbocycles. The van der Waals surface area contributed by atoms with Crippen molar-refractivity contribution in [3.63, 3.8) is 0 Å². The number of benzene rings is 3. The van der Waals surface area contributed by atoms with Crippen molar-refractivity contribution >= 4 is 35.2 Å². The molecule has 4 rings (SSSR count). The van der Waals surface area contributed by atoms with Crippen LogP contribution in [-0.2, 0) is 16.1 Å². The van der Waals surface area contributed by atoms with E-state index in [1.54, 1.807) is 24.3 Å². The van der Waals surface area contributed by atoms with Crippen molar-refractivity contribution < 1.29 is 28.7 Å². The Balaban J connectivity index is 1.42. The molecule has 3 amide bonds. The molecule has 35 heavy (non-hydrogen) atoms. The third kappa shape index (κ3) is 5.01. The maximum absolute atomic E-state index is 12.9. The first-order valence-electron chi connectivity index (χ1n) is 10.9. The van der Waals surface area contributed by atoms with Crippen molar-refractivity contribution in [2.45, 2.75) is 26.5 Å². The van der Waals surface area contributed by atoms with Crippen LogP contribution in [0.15, 0.2) is 72.8 Å². The molecule has 0 bridgehead atoms. The number of anilines is 1. The fraction of sp³-hybridized carbons (Fsp3) is 0.148. The first-order chi connectivity index (χ1) is 16.7. The van der Waals surface area contributed by atoms with E-state index in [1.807, 2.05) is 30.3 Å². The van der Waals surface area contributed by atoms with Gasteiger partial charge >= 0.3 is 5.97 Å². The monoisotopic (exact) mass is 470 g/mol. The lowest BCUT2D eigenvalue weighted by Gasteiger charge is -2.14. The Kier molecular flexibility index (Phi) is 6.55. The number of nitrogens with one attached hydrogen (secondary N) is 1. The van der Waals surface area contributed by atoms with Crippen LogP contribution in [0.2, 0.25) is 0 Å². The van der Waals surface area contributed by atoms with Gasteiger partial charge in [-0.2, -0.15) is 0 Å². The molecule has 1 unspecified atom stereocenters. The summed E-state index contributed by atoms with van der Waals surface area (Å²) in [7, 11) is 0. The summed E-state index contributed by atoms with van der Waals surface area (Å²) in [6.45, 7) is 2.98. The van der Waals surface area contributed by atoms with Crippen molar-refractivity contribution in [3.05, 3.63) is 101 Å². The van der Waals surface area contributed by atoms with E-state index < -0.39 is 29.8 Å². The van der Waals surface area contributed by atoms with Gasteiger partial charge in [0, 0.05) is 11.3 Å². The average molecular weight is 470 g/mol. The van der Waals surface area contributed by atoms with E-state index >= 15 is 0 Å². The molecule has 1 aliphatic rings. The van der Waals surface area contributed by atoms with Gasteiger partial charge in [-0.05, 0) is 61.9 Å². The third-order valence-corrected chi connectivity index (χ3v) is 5.60. The second-order valence-corrected chi connectivity index (χ2v) is 8.11. The number of hydrogen-bond donors (Lipinski definition) is 1. The lowest BCUT2D eigenvalue weighted by molar-refractivity contribution is -0.123. The molecule has 0 aromatic heterocycles. The summed E-state index contributed by atoms with van der Waals surface area (Å²) < 4.78 is 5.26. The van der Waals surface area contributed by atoms with Crippen LogP contribution in [0, 0.1) is 0 Å². The molecule has 0 radical (unpaired) electrons. The third-order valence-electron chi connectivity index (χ3n) is 5.60. The minimum Gasteiger partial charge on any atom is -0.449 e. The van der Waals surface area contributed by atoms with E-state index in [-0.39, 0.29) is 29.0 Å². The molecule has 0 spiro atoms. The highest BCUT2D eigenvalue weighted by atomic mass is 16.5. The molecule has 0 saturated carbocycles. The zero-order valence-electron chi connectivity index (χ0n) is 19.1. The maximum atomic E-state index is 12.9. The number of rotatable bonds is 7. The Bertz CT molecular complexity index is 1330. The SMILES string of the molecule is CC(=O)c1ccc(NC(=O)C(C)OC(=O)c2ccc3c(c2)C(=O)N(Cc2ccccc2)C3=O)cc1. The Morgan fingerprint density at radius 1 is 0.857 bits per heavy atom.